The van der Waals surface area contributed by atoms with Gasteiger partial charge in [-0.2, -0.15) is 0 Å². The number of nitro benzene ring substituents is 1. The van der Waals surface area contributed by atoms with Crippen LogP contribution in [-0.2, 0) is 16.1 Å². The second kappa shape index (κ2) is 8.49. The molecule has 28 heavy (non-hydrogen) atoms. The molecule has 0 atom stereocenters. The molecule has 0 saturated carbocycles. The molecule has 0 fully saturated rings. The standard InChI is InChI=1S/C19H20N4O5/c1-2-20-10-13-5-3-4-6-15(13)21-18(24)11-22-16-9-14(23(26)27)7-8-17(16)28-12-19(22)25/h3-9,20H,2,10-12H2,1H3,(H,21,24). The molecule has 2 aromatic rings. The summed E-state index contributed by atoms with van der Waals surface area (Å²) in [4.78, 5) is 36.5. The second-order valence-corrected chi connectivity index (χ2v) is 6.16. The first-order chi connectivity index (χ1) is 13.5. The zero-order valence-electron chi connectivity index (χ0n) is 15.3. The maximum Gasteiger partial charge on any atom is 0.271 e. The number of non-ortho nitro benzene ring substituents is 1. The van der Waals surface area contributed by atoms with Crippen LogP contribution in [0, 0.1) is 10.1 Å². The van der Waals surface area contributed by atoms with E-state index in [0.717, 1.165) is 12.1 Å². The van der Waals surface area contributed by atoms with Crippen molar-refractivity contribution in [2.24, 2.45) is 0 Å². The number of carbonyl (C=O) groups is 2. The summed E-state index contributed by atoms with van der Waals surface area (Å²) >= 11 is 0. The van der Waals surface area contributed by atoms with Gasteiger partial charge in [0, 0.05) is 24.4 Å². The van der Waals surface area contributed by atoms with Crippen molar-refractivity contribution in [3.05, 3.63) is 58.1 Å². The lowest BCUT2D eigenvalue weighted by molar-refractivity contribution is -0.384. The largest absolute Gasteiger partial charge is 0.482 e. The Labute approximate surface area is 161 Å². The number of benzene rings is 2. The van der Waals surface area contributed by atoms with Gasteiger partial charge in [0.1, 0.15) is 12.3 Å². The highest BCUT2D eigenvalue weighted by Crippen LogP contribution is 2.35. The molecule has 9 heteroatoms. The van der Waals surface area contributed by atoms with Crippen LogP contribution in [0.15, 0.2) is 42.5 Å². The summed E-state index contributed by atoms with van der Waals surface area (Å²) in [7, 11) is 0. The molecule has 146 valence electrons. The van der Waals surface area contributed by atoms with E-state index in [0.29, 0.717) is 18.0 Å². The summed E-state index contributed by atoms with van der Waals surface area (Å²) in [6, 6.07) is 11.3. The van der Waals surface area contributed by atoms with Gasteiger partial charge in [0.15, 0.2) is 6.61 Å². The third-order valence-corrected chi connectivity index (χ3v) is 4.25. The van der Waals surface area contributed by atoms with Gasteiger partial charge in [-0.3, -0.25) is 24.6 Å². The van der Waals surface area contributed by atoms with E-state index in [4.69, 9.17) is 4.74 Å². The van der Waals surface area contributed by atoms with Crippen LogP contribution in [0.25, 0.3) is 0 Å². The van der Waals surface area contributed by atoms with Crippen LogP contribution >= 0.6 is 0 Å². The molecule has 9 nitrogen and oxygen atoms in total. The van der Waals surface area contributed by atoms with Crippen LogP contribution in [0.4, 0.5) is 17.1 Å². The van der Waals surface area contributed by atoms with Gasteiger partial charge in [0.25, 0.3) is 11.6 Å². The van der Waals surface area contributed by atoms with Gasteiger partial charge >= 0.3 is 0 Å². The van der Waals surface area contributed by atoms with E-state index in [1.54, 1.807) is 6.07 Å². The number of ether oxygens (including phenoxy) is 1. The van der Waals surface area contributed by atoms with E-state index in [-0.39, 0.29) is 24.5 Å². The van der Waals surface area contributed by atoms with Gasteiger partial charge in [-0.1, -0.05) is 25.1 Å². The molecule has 1 aliphatic heterocycles. The van der Waals surface area contributed by atoms with E-state index in [1.807, 2.05) is 25.1 Å². The molecule has 3 rings (SSSR count). The predicted octanol–water partition coefficient (Wildman–Crippen LogP) is 2.07. The minimum atomic E-state index is -0.561. The molecule has 0 aliphatic carbocycles. The Morgan fingerprint density at radius 2 is 2.07 bits per heavy atom. The Morgan fingerprint density at radius 3 is 2.82 bits per heavy atom. The summed E-state index contributed by atoms with van der Waals surface area (Å²) in [5.41, 5.74) is 1.59. The second-order valence-electron chi connectivity index (χ2n) is 6.16. The first-order valence-electron chi connectivity index (χ1n) is 8.79. The summed E-state index contributed by atoms with van der Waals surface area (Å²) < 4.78 is 5.31. The van der Waals surface area contributed by atoms with Crippen molar-refractivity contribution in [1.82, 2.24) is 5.32 Å². The highest BCUT2D eigenvalue weighted by atomic mass is 16.6. The molecule has 0 aromatic heterocycles. The summed E-state index contributed by atoms with van der Waals surface area (Å²) in [6.07, 6.45) is 0. The molecular formula is C19H20N4O5. The average Bonchev–Trinajstić information content (AvgIpc) is 2.69. The van der Waals surface area contributed by atoms with Crippen molar-refractivity contribution in [2.45, 2.75) is 13.5 Å². The molecule has 0 bridgehead atoms. The molecule has 0 saturated heterocycles. The number of para-hydroxylation sites is 1. The summed E-state index contributed by atoms with van der Waals surface area (Å²) in [5, 5.41) is 17.0. The van der Waals surface area contributed by atoms with Crippen LogP contribution in [0.2, 0.25) is 0 Å². The minimum Gasteiger partial charge on any atom is -0.482 e. The number of nitrogens with zero attached hydrogens (tertiary/aromatic N) is 2. The summed E-state index contributed by atoms with van der Waals surface area (Å²) in [6.45, 7) is 2.88. The van der Waals surface area contributed by atoms with Gasteiger partial charge in [0.05, 0.1) is 10.6 Å². The van der Waals surface area contributed by atoms with Gasteiger partial charge in [-0.15, -0.1) is 0 Å². The maximum atomic E-state index is 12.6. The lowest BCUT2D eigenvalue weighted by Crippen LogP contribution is -2.43. The zero-order valence-corrected chi connectivity index (χ0v) is 15.3. The maximum absolute atomic E-state index is 12.6. The zero-order chi connectivity index (χ0) is 20.1. The monoisotopic (exact) mass is 384 g/mol. The van der Waals surface area contributed by atoms with Crippen molar-refractivity contribution in [3.8, 4) is 5.75 Å². The van der Waals surface area contributed by atoms with Crippen LogP contribution in [0.1, 0.15) is 12.5 Å². The smallest absolute Gasteiger partial charge is 0.271 e. The third kappa shape index (κ3) is 4.26. The number of amides is 2. The van der Waals surface area contributed by atoms with Crippen LogP contribution in [0.5, 0.6) is 5.75 Å². The lowest BCUT2D eigenvalue weighted by atomic mass is 10.1. The van der Waals surface area contributed by atoms with Crippen molar-refractivity contribution in [3.63, 3.8) is 0 Å². The minimum absolute atomic E-state index is 0.182. The Kier molecular flexibility index (Phi) is 5.85. The lowest BCUT2D eigenvalue weighted by Gasteiger charge is -2.28. The fraction of sp³-hybridized carbons (Fsp3) is 0.263. The number of anilines is 2. The van der Waals surface area contributed by atoms with E-state index in [2.05, 4.69) is 10.6 Å². The highest BCUT2D eigenvalue weighted by molar-refractivity contribution is 6.05. The Morgan fingerprint density at radius 1 is 1.29 bits per heavy atom. The Bertz CT molecular complexity index is 915. The van der Waals surface area contributed by atoms with Crippen LogP contribution in [0.3, 0.4) is 0 Å². The van der Waals surface area contributed by atoms with Crippen LogP contribution in [-0.4, -0.2) is 36.4 Å². The SMILES string of the molecule is CCNCc1ccccc1NC(=O)CN1C(=O)COc2ccc([N+](=O)[O-])cc21. The van der Waals surface area contributed by atoms with Crippen molar-refractivity contribution >= 4 is 28.9 Å². The molecule has 1 aliphatic rings. The van der Waals surface area contributed by atoms with Crippen LogP contribution < -0.4 is 20.3 Å². The first kappa shape index (κ1) is 19.3. The van der Waals surface area contributed by atoms with Gasteiger partial charge in [-0.25, -0.2) is 0 Å². The molecule has 2 aromatic carbocycles. The molecule has 2 N–H and O–H groups in total. The van der Waals surface area contributed by atoms with Crippen molar-refractivity contribution in [1.29, 1.82) is 0 Å². The molecule has 0 radical (unpaired) electrons. The molecular weight excluding hydrogens is 364 g/mol. The van der Waals surface area contributed by atoms with Gasteiger partial charge in [-0.05, 0) is 24.2 Å². The molecule has 0 unspecified atom stereocenters. The molecule has 2 amide bonds. The van der Waals surface area contributed by atoms with Crippen molar-refractivity contribution in [2.75, 3.05) is 29.9 Å². The van der Waals surface area contributed by atoms with E-state index < -0.39 is 16.7 Å². The number of hydrogen-bond donors (Lipinski definition) is 2. The normalized spacial score (nSPS) is 12.9. The van der Waals surface area contributed by atoms with Gasteiger partial charge in [0.2, 0.25) is 5.91 Å². The fourth-order valence-corrected chi connectivity index (χ4v) is 2.87. The third-order valence-electron chi connectivity index (χ3n) is 4.25. The number of nitrogens with one attached hydrogen (secondary N) is 2. The topological polar surface area (TPSA) is 114 Å². The predicted molar refractivity (Wildman–Crippen MR) is 103 cm³/mol. The molecule has 0 spiro atoms. The number of carbonyl (C=O) groups excluding carboxylic acids is 2. The summed E-state index contributed by atoms with van der Waals surface area (Å²) in [5.74, 6) is -0.522. The quantitative estimate of drug-likeness (QED) is 0.558. The Hall–Kier alpha value is -3.46. The number of fused-ring (bicyclic) bond motifs is 1. The van der Waals surface area contributed by atoms with Gasteiger partial charge < -0.3 is 15.4 Å². The first-order valence-corrected chi connectivity index (χ1v) is 8.79. The average molecular weight is 384 g/mol. The number of nitro groups is 1. The number of hydrogen-bond acceptors (Lipinski definition) is 6. The van der Waals surface area contributed by atoms with E-state index in [1.165, 1.54) is 23.1 Å². The molecule has 1 heterocycles. The van der Waals surface area contributed by atoms with E-state index in [9.17, 15) is 19.7 Å². The van der Waals surface area contributed by atoms with E-state index >= 15 is 0 Å². The Balaban J connectivity index is 1.79. The highest BCUT2D eigenvalue weighted by Gasteiger charge is 2.29. The fourth-order valence-electron chi connectivity index (χ4n) is 2.87. The van der Waals surface area contributed by atoms with Crippen molar-refractivity contribution < 1.29 is 19.2 Å². The number of rotatable bonds is 7.